The summed E-state index contributed by atoms with van der Waals surface area (Å²) < 4.78 is 12.1. The molecule has 1 fully saturated rings. The van der Waals surface area contributed by atoms with E-state index in [4.69, 9.17) is 15.2 Å². The number of nitrogen functional groups attached to an aromatic ring is 1. The van der Waals surface area contributed by atoms with Gasteiger partial charge in [0.15, 0.2) is 5.82 Å². The van der Waals surface area contributed by atoms with Crippen LogP contribution in [0.15, 0.2) is 78.9 Å². The second-order valence-corrected chi connectivity index (χ2v) is 11.0. The van der Waals surface area contributed by atoms with Gasteiger partial charge in [0.1, 0.15) is 5.75 Å². The van der Waals surface area contributed by atoms with Gasteiger partial charge in [-0.2, -0.15) is 4.68 Å². The Bertz CT molecular complexity index is 1830. The fraction of sp³-hybridized carbons (Fsp3) is 0.265. The number of ether oxygens (including phenoxy) is 2. The van der Waals surface area contributed by atoms with Crippen LogP contribution in [0.3, 0.4) is 0 Å². The second kappa shape index (κ2) is 12.7. The number of carbonyl (C=O) groups is 2. The number of nitrogens with two attached hydrogens (primary N) is 1. The van der Waals surface area contributed by atoms with Crippen molar-refractivity contribution in [1.29, 1.82) is 0 Å². The molecule has 4 aromatic carbocycles. The van der Waals surface area contributed by atoms with Crippen LogP contribution in [0, 0.1) is 0 Å². The number of amides is 1. The molecule has 1 aliphatic heterocycles. The van der Waals surface area contributed by atoms with Crippen LogP contribution >= 0.6 is 0 Å². The van der Waals surface area contributed by atoms with Gasteiger partial charge in [-0.1, -0.05) is 42.5 Å². The number of nitrogens with zero attached hydrogens (tertiary/aromatic N) is 4. The Hall–Kier alpha value is -4.93. The van der Waals surface area contributed by atoms with E-state index >= 15 is 0 Å². The second-order valence-electron chi connectivity index (χ2n) is 11.0. The summed E-state index contributed by atoms with van der Waals surface area (Å²) in [7, 11) is 3.72. The molecule has 0 radical (unpaired) electrons. The van der Waals surface area contributed by atoms with E-state index in [0.29, 0.717) is 34.5 Å². The molecule has 3 N–H and O–H groups in total. The Morgan fingerprint density at radius 1 is 0.955 bits per heavy atom. The van der Waals surface area contributed by atoms with Crippen molar-refractivity contribution in [1.82, 2.24) is 19.6 Å². The molecule has 6 rings (SSSR count). The topological polar surface area (TPSA) is 115 Å². The third-order valence-corrected chi connectivity index (χ3v) is 8.11. The number of anilines is 2. The molecule has 0 spiro atoms. The number of hydrogen-bond donors (Lipinski definition) is 2. The Morgan fingerprint density at radius 3 is 2.57 bits per heavy atom. The van der Waals surface area contributed by atoms with Crippen LogP contribution in [-0.4, -0.2) is 85.1 Å². The number of rotatable bonds is 8. The first-order valence-electron chi connectivity index (χ1n) is 14.7. The van der Waals surface area contributed by atoms with E-state index in [1.807, 2.05) is 66.7 Å². The van der Waals surface area contributed by atoms with Gasteiger partial charge in [0, 0.05) is 50.0 Å². The summed E-state index contributed by atoms with van der Waals surface area (Å²) in [4.78, 5) is 30.9. The zero-order valence-corrected chi connectivity index (χ0v) is 25.0. The maximum absolute atomic E-state index is 13.2. The van der Waals surface area contributed by atoms with Crippen LogP contribution in [0.4, 0.5) is 16.3 Å². The molecule has 1 aliphatic rings. The van der Waals surface area contributed by atoms with E-state index in [1.165, 1.54) is 4.68 Å². The van der Waals surface area contributed by atoms with Gasteiger partial charge in [-0.25, -0.2) is 4.79 Å². The van der Waals surface area contributed by atoms with E-state index in [0.717, 1.165) is 61.0 Å². The highest BCUT2D eigenvalue weighted by Crippen LogP contribution is 2.35. The Kier molecular flexibility index (Phi) is 8.44. The standard InChI is InChI=1S/C34H36N6O4/c1-38-16-18-39(19-17-38)15-6-20-44-34(42)40-30-12-5-10-28(31(30)32(35)37-40)24-13-14-27-23(21-24)7-3-11-29(27)33(41)36-25-8-4-9-26(22-25)43-2/h3-5,7-14,21-22H,6,15-20H2,1-2H3,(H2,35,37)(H,36,41). The zero-order valence-electron chi connectivity index (χ0n) is 25.0. The molecule has 10 nitrogen and oxygen atoms in total. The summed E-state index contributed by atoms with van der Waals surface area (Å²) in [6, 6.07) is 24.4. The largest absolute Gasteiger partial charge is 0.497 e. The van der Waals surface area contributed by atoms with Crippen LogP contribution in [0.2, 0.25) is 0 Å². The van der Waals surface area contributed by atoms with Crippen LogP contribution in [0.1, 0.15) is 16.8 Å². The van der Waals surface area contributed by atoms with Crippen LogP contribution in [0.5, 0.6) is 5.75 Å². The van der Waals surface area contributed by atoms with Gasteiger partial charge >= 0.3 is 6.09 Å². The number of methoxy groups -OCH3 is 1. The SMILES string of the molecule is COc1cccc(NC(=O)c2cccc3cc(-c4cccc5c4c(N)nn5C(=O)OCCCN4CCN(C)CC4)ccc23)c1. The number of nitrogens with one attached hydrogen (secondary N) is 1. The summed E-state index contributed by atoms with van der Waals surface area (Å²) >= 11 is 0. The monoisotopic (exact) mass is 592 g/mol. The van der Waals surface area contributed by atoms with Gasteiger partial charge in [-0.15, -0.1) is 5.10 Å². The van der Waals surface area contributed by atoms with Crippen LogP contribution < -0.4 is 15.8 Å². The quantitative estimate of drug-likeness (QED) is 0.233. The molecular weight excluding hydrogens is 556 g/mol. The van der Waals surface area contributed by atoms with E-state index in [2.05, 4.69) is 27.3 Å². The fourth-order valence-corrected chi connectivity index (χ4v) is 5.71. The number of aromatic nitrogens is 2. The first kappa shape index (κ1) is 29.2. The van der Waals surface area contributed by atoms with E-state index < -0.39 is 6.09 Å². The highest BCUT2D eigenvalue weighted by molar-refractivity contribution is 6.14. The number of piperazine rings is 1. The summed E-state index contributed by atoms with van der Waals surface area (Å²) in [5.41, 5.74) is 9.88. The lowest BCUT2D eigenvalue weighted by molar-refractivity contribution is 0.102. The number of benzene rings is 4. The molecule has 1 aromatic heterocycles. The van der Waals surface area contributed by atoms with Crippen LogP contribution in [-0.2, 0) is 4.74 Å². The van der Waals surface area contributed by atoms with Crippen molar-refractivity contribution in [2.75, 3.05) is 64.5 Å². The average Bonchev–Trinajstić information content (AvgIpc) is 3.39. The van der Waals surface area contributed by atoms with Gasteiger partial charge < -0.3 is 30.3 Å². The molecule has 2 heterocycles. The molecule has 10 heteroatoms. The van der Waals surface area contributed by atoms with Gasteiger partial charge in [0.2, 0.25) is 0 Å². The van der Waals surface area contributed by atoms with Crippen molar-refractivity contribution in [3.05, 3.63) is 84.4 Å². The molecule has 0 saturated carbocycles. The molecule has 226 valence electrons. The van der Waals surface area contributed by atoms with Crippen LogP contribution in [0.25, 0.3) is 32.8 Å². The minimum Gasteiger partial charge on any atom is -0.497 e. The van der Waals surface area contributed by atoms with Gasteiger partial charge in [0.25, 0.3) is 5.91 Å². The van der Waals surface area contributed by atoms with Crippen molar-refractivity contribution < 1.29 is 19.1 Å². The minimum atomic E-state index is -0.549. The fourth-order valence-electron chi connectivity index (χ4n) is 5.71. The van der Waals surface area contributed by atoms with Crippen molar-refractivity contribution in [2.24, 2.45) is 0 Å². The summed E-state index contributed by atoms with van der Waals surface area (Å²) in [6.45, 7) is 5.36. The highest BCUT2D eigenvalue weighted by atomic mass is 16.6. The molecule has 44 heavy (non-hydrogen) atoms. The van der Waals surface area contributed by atoms with E-state index in [1.54, 1.807) is 19.2 Å². The zero-order chi connectivity index (χ0) is 30.6. The normalized spacial score (nSPS) is 14.1. The smallest absolute Gasteiger partial charge is 0.435 e. The number of hydrogen-bond acceptors (Lipinski definition) is 8. The molecule has 0 bridgehead atoms. The molecule has 5 aromatic rings. The average molecular weight is 593 g/mol. The van der Waals surface area contributed by atoms with E-state index in [-0.39, 0.29) is 11.7 Å². The third-order valence-electron chi connectivity index (χ3n) is 8.11. The van der Waals surface area contributed by atoms with Gasteiger partial charge in [0.05, 0.1) is 24.6 Å². The molecule has 1 saturated heterocycles. The van der Waals surface area contributed by atoms with Gasteiger partial charge in [-0.05, 0) is 65.7 Å². The summed E-state index contributed by atoms with van der Waals surface area (Å²) in [5, 5.41) is 9.68. The number of likely N-dealkylation sites (N-methyl/N-ethyl adjacent to an activating group) is 1. The molecule has 0 atom stereocenters. The predicted molar refractivity (Wildman–Crippen MR) is 173 cm³/mol. The number of carbonyl (C=O) groups excluding carboxylic acids is 2. The molecule has 0 aliphatic carbocycles. The lowest BCUT2D eigenvalue weighted by Gasteiger charge is -2.32. The molecule has 0 unspecified atom stereocenters. The summed E-state index contributed by atoms with van der Waals surface area (Å²) in [6.07, 6.45) is 0.207. The first-order chi connectivity index (χ1) is 21.4. The van der Waals surface area contributed by atoms with Gasteiger partial charge in [-0.3, -0.25) is 4.79 Å². The third kappa shape index (κ3) is 6.08. The highest BCUT2D eigenvalue weighted by Gasteiger charge is 2.20. The van der Waals surface area contributed by atoms with Crippen molar-refractivity contribution in [2.45, 2.75) is 6.42 Å². The van der Waals surface area contributed by atoms with Crippen molar-refractivity contribution in [3.8, 4) is 16.9 Å². The van der Waals surface area contributed by atoms with Crippen molar-refractivity contribution in [3.63, 3.8) is 0 Å². The van der Waals surface area contributed by atoms with Crippen molar-refractivity contribution >= 4 is 45.2 Å². The minimum absolute atomic E-state index is 0.216. The maximum Gasteiger partial charge on any atom is 0.435 e. The van der Waals surface area contributed by atoms with E-state index in [9.17, 15) is 9.59 Å². The lowest BCUT2D eigenvalue weighted by Crippen LogP contribution is -2.44. The summed E-state index contributed by atoms with van der Waals surface area (Å²) in [5.74, 6) is 0.694. The molecule has 1 amide bonds. The Morgan fingerprint density at radius 2 is 1.75 bits per heavy atom. The lowest BCUT2D eigenvalue weighted by atomic mass is 9.96. The molecular formula is C34H36N6O4. The number of fused-ring (bicyclic) bond motifs is 2. The first-order valence-corrected chi connectivity index (χ1v) is 14.7. The maximum atomic E-state index is 13.2. The Balaban J connectivity index is 1.21. The Labute approximate surface area is 255 Å². The predicted octanol–water partition coefficient (Wildman–Crippen LogP) is 5.32.